The zero-order chi connectivity index (χ0) is 16.4. The first-order chi connectivity index (χ1) is 9.62. The maximum Gasteiger partial charge on any atom is 0.337 e. The highest BCUT2D eigenvalue weighted by Gasteiger charge is 2.30. The molecule has 0 bridgehead atoms. The molecule has 0 amide bonds. The lowest BCUT2D eigenvalue weighted by molar-refractivity contribution is 0.0697. The Kier molecular flexibility index (Phi) is 5.59. The van der Waals surface area contributed by atoms with E-state index < -0.39 is 37.5 Å². The summed E-state index contributed by atoms with van der Waals surface area (Å²) in [6, 6.07) is 3.43. The number of carboxylic acid groups (broad SMARTS) is 1. The smallest absolute Gasteiger partial charge is 0.337 e. The quantitative estimate of drug-likeness (QED) is 0.879. The maximum atomic E-state index is 12.5. The van der Waals surface area contributed by atoms with Crippen molar-refractivity contribution in [1.82, 2.24) is 4.31 Å². The van der Waals surface area contributed by atoms with Gasteiger partial charge in [0, 0.05) is 18.1 Å². The van der Waals surface area contributed by atoms with Crippen molar-refractivity contribution in [3.05, 3.63) is 27.7 Å². The van der Waals surface area contributed by atoms with Crippen molar-refractivity contribution in [1.29, 1.82) is 5.26 Å². The third kappa shape index (κ3) is 3.66. The van der Waals surface area contributed by atoms with E-state index in [9.17, 15) is 13.2 Å². The molecule has 0 aliphatic heterocycles. The Morgan fingerprint density at radius 3 is 2.52 bits per heavy atom. The van der Waals surface area contributed by atoms with Crippen molar-refractivity contribution in [2.24, 2.45) is 0 Å². The lowest BCUT2D eigenvalue weighted by Gasteiger charge is -2.23. The summed E-state index contributed by atoms with van der Waals surface area (Å²) in [6.07, 6.45) is -0.0142. The first kappa shape index (κ1) is 17.7. The van der Waals surface area contributed by atoms with E-state index in [1.54, 1.807) is 6.92 Å². The van der Waals surface area contributed by atoms with Gasteiger partial charge in [-0.05, 0) is 19.1 Å². The zero-order valence-electron chi connectivity index (χ0n) is 11.2. The molecule has 0 saturated heterocycles. The van der Waals surface area contributed by atoms with E-state index in [2.05, 4.69) is 0 Å². The minimum Gasteiger partial charge on any atom is -0.478 e. The third-order valence-corrected chi connectivity index (χ3v) is 5.63. The van der Waals surface area contributed by atoms with Gasteiger partial charge in [0.2, 0.25) is 10.0 Å². The Morgan fingerprint density at radius 1 is 1.48 bits per heavy atom. The van der Waals surface area contributed by atoms with Crippen LogP contribution in [0.25, 0.3) is 0 Å². The average Bonchev–Trinajstić information content (AvgIpc) is 2.39. The number of nitriles is 1. The molecule has 0 fully saturated rings. The lowest BCUT2D eigenvalue weighted by atomic mass is 10.2. The van der Waals surface area contributed by atoms with Gasteiger partial charge < -0.3 is 5.11 Å². The monoisotopic (exact) mass is 350 g/mol. The Hall–Kier alpha value is -1.33. The second-order valence-corrected chi connectivity index (χ2v) is 7.08. The number of benzene rings is 1. The molecule has 1 aromatic rings. The zero-order valence-corrected chi connectivity index (χ0v) is 13.5. The minimum absolute atomic E-state index is 0.0142. The number of nitrogens with zero attached hydrogens (tertiary/aromatic N) is 2. The van der Waals surface area contributed by atoms with Crippen molar-refractivity contribution in [2.45, 2.75) is 24.3 Å². The molecular weight excluding hydrogens is 339 g/mol. The molecule has 0 spiro atoms. The number of carbonyl (C=O) groups is 1. The van der Waals surface area contributed by atoms with Gasteiger partial charge in [0.25, 0.3) is 0 Å². The number of sulfonamides is 1. The van der Waals surface area contributed by atoms with Crippen LogP contribution in [-0.4, -0.2) is 36.9 Å². The van der Waals surface area contributed by atoms with Gasteiger partial charge >= 0.3 is 5.97 Å². The summed E-state index contributed by atoms with van der Waals surface area (Å²) in [4.78, 5) is 10.7. The lowest BCUT2D eigenvalue weighted by Crippen LogP contribution is -2.35. The summed E-state index contributed by atoms with van der Waals surface area (Å²) in [7, 11) is -2.78. The molecule has 1 aromatic carbocycles. The van der Waals surface area contributed by atoms with Gasteiger partial charge in [-0.1, -0.05) is 23.2 Å². The topological polar surface area (TPSA) is 98.5 Å². The van der Waals surface area contributed by atoms with Crippen molar-refractivity contribution in [3.8, 4) is 6.07 Å². The Bertz CT molecular complexity index is 713. The molecule has 6 nitrogen and oxygen atoms in total. The molecule has 21 heavy (non-hydrogen) atoms. The van der Waals surface area contributed by atoms with Gasteiger partial charge in [-0.2, -0.15) is 9.57 Å². The standard InChI is InChI=1S/C12H12Cl2N2O4S/c1-7(3-4-15)16(2)21(19,20)10-6-8(13)5-9(11(10)14)12(17)18/h5-7H,3H2,1-2H3,(H,17,18). The molecule has 1 atom stereocenters. The van der Waals surface area contributed by atoms with E-state index in [1.165, 1.54) is 7.05 Å². The van der Waals surface area contributed by atoms with Crippen LogP contribution in [0.15, 0.2) is 17.0 Å². The van der Waals surface area contributed by atoms with E-state index in [0.717, 1.165) is 16.4 Å². The van der Waals surface area contributed by atoms with E-state index in [1.807, 2.05) is 6.07 Å². The van der Waals surface area contributed by atoms with Crippen LogP contribution in [0.2, 0.25) is 10.0 Å². The highest BCUT2D eigenvalue weighted by Crippen LogP contribution is 2.32. The highest BCUT2D eigenvalue weighted by atomic mass is 35.5. The molecule has 1 rings (SSSR count). The Balaban J connectivity index is 3.46. The molecule has 1 unspecified atom stereocenters. The maximum absolute atomic E-state index is 12.5. The van der Waals surface area contributed by atoms with E-state index in [-0.39, 0.29) is 11.4 Å². The summed E-state index contributed by atoms with van der Waals surface area (Å²) >= 11 is 11.6. The van der Waals surface area contributed by atoms with Gasteiger partial charge in [0.05, 0.1) is 23.1 Å². The summed E-state index contributed by atoms with van der Waals surface area (Å²) in [5, 5.41) is 17.2. The van der Waals surface area contributed by atoms with Crippen molar-refractivity contribution < 1.29 is 18.3 Å². The second-order valence-electron chi connectivity index (χ2n) is 4.30. The number of hydrogen-bond acceptors (Lipinski definition) is 4. The summed E-state index contributed by atoms with van der Waals surface area (Å²) in [6.45, 7) is 1.55. The number of halogens is 2. The molecule has 0 aliphatic rings. The van der Waals surface area contributed by atoms with E-state index in [0.29, 0.717) is 0 Å². The molecule has 0 aromatic heterocycles. The van der Waals surface area contributed by atoms with Crippen molar-refractivity contribution in [2.75, 3.05) is 7.05 Å². The molecule has 114 valence electrons. The first-order valence-corrected chi connectivity index (χ1v) is 7.89. The fourth-order valence-electron chi connectivity index (χ4n) is 1.56. The van der Waals surface area contributed by atoms with Crippen LogP contribution in [0.1, 0.15) is 23.7 Å². The van der Waals surface area contributed by atoms with E-state index in [4.69, 9.17) is 33.6 Å². The van der Waals surface area contributed by atoms with E-state index >= 15 is 0 Å². The van der Waals surface area contributed by atoms with Crippen LogP contribution in [0, 0.1) is 11.3 Å². The van der Waals surface area contributed by atoms with Crippen molar-refractivity contribution in [3.63, 3.8) is 0 Å². The minimum atomic E-state index is -4.07. The van der Waals surface area contributed by atoms with Gasteiger partial charge in [-0.15, -0.1) is 0 Å². The SMILES string of the molecule is CC(CC#N)N(C)S(=O)(=O)c1cc(Cl)cc(C(=O)O)c1Cl. The summed E-state index contributed by atoms with van der Waals surface area (Å²) in [5.74, 6) is -1.38. The summed E-state index contributed by atoms with van der Waals surface area (Å²) in [5.41, 5.74) is -0.399. The van der Waals surface area contributed by atoms with Crippen LogP contribution in [0.5, 0.6) is 0 Å². The average molecular weight is 351 g/mol. The van der Waals surface area contributed by atoms with Crippen LogP contribution in [0.3, 0.4) is 0 Å². The van der Waals surface area contributed by atoms with Gasteiger partial charge in [0.15, 0.2) is 0 Å². The fourth-order valence-corrected chi connectivity index (χ4v) is 3.80. The molecule has 9 heteroatoms. The van der Waals surface area contributed by atoms with Crippen LogP contribution in [0.4, 0.5) is 0 Å². The first-order valence-electron chi connectivity index (χ1n) is 5.70. The largest absolute Gasteiger partial charge is 0.478 e. The summed E-state index contributed by atoms with van der Waals surface area (Å²) < 4.78 is 25.9. The number of carboxylic acids is 1. The molecular formula is C12H12Cl2N2O4S. The van der Waals surface area contributed by atoms with Gasteiger partial charge in [-0.3, -0.25) is 0 Å². The number of aromatic carboxylic acids is 1. The molecule has 0 radical (unpaired) electrons. The highest BCUT2D eigenvalue weighted by molar-refractivity contribution is 7.89. The van der Waals surface area contributed by atoms with Crippen LogP contribution >= 0.6 is 23.2 Å². The van der Waals surface area contributed by atoms with Crippen LogP contribution in [-0.2, 0) is 10.0 Å². The fraction of sp³-hybridized carbons (Fsp3) is 0.333. The van der Waals surface area contributed by atoms with Gasteiger partial charge in [0.1, 0.15) is 4.90 Å². The van der Waals surface area contributed by atoms with Gasteiger partial charge in [-0.25, -0.2) is 13.2 Å². The predicted octanol–water partition coefficient (Wildman–Crippen LogP) is 2.61. The molecule has 1 N–H and O–H groups in total. The van der Waals surface area contributed by atoms with Crippen LogP contribution < -0.4 is 0 Å². The second kappa shape index (κ2) is 6.62. The number of hydrogen-bond donors (Lipinski definition) is 1. The predicted molar refractivity (Wildman–Crippen MR) is 78.1 cm³/mol. The van der Waals surface area contributed by atoms with Crippen molar-refractivity contribution >= 4 is 39.2 Å². The third-order valence-electron chi connectivity index (χ3n) is 2.90. The molecule has 0 aliphatic carbocycles. The molecule has 0 saturated carbocycles. The Labute approximate surface area is 132 Å². The molecule has 0 heterocycles. The number of rotatable bonds is 5. The Morgan fingerprint density at radius 2 is 2.05 bits per heavy atom. The normalized spacial score (nSPS) is 13.0.